The summed E-state index contributed by atoms with van der Waals surface area (Å²) in [7, 11) is 4.13. The highest BCUT2D eigenvalue weighted by Gasteiger charge is 2.07. The lowest BCUT2D eigenvalue weighted by atomic mass is 10.1. The molecule has 2 rings (SSSR count). The zero-order chi connectivity index (χ0) is 13.7. The molecule has 0 saturated heterocycles. The van der Waals surface area contributed by atoms with Crippen molar-refractivity contribution >= 4 is 10.9 Å². The fourth-order valence-electron chi connectivity index (χ4n) is 2.63. The van der Waals surface area contributed by atoms with Crippen LogP contribution in [0.5, 0.6) is 0 Å². The first kappa shape index (κ1) is 14.1. The molecule has 1 heterocycles. The number of nitrogens with zero attached hydrogens (tertiary/aromatic N) is 1. The van der Waals surface area contributed by atoms with Gasteiger partial charge in [-0.2, -0.15) is 0 Å². The number of hydrogen-bond donors (Lipinski definition) is 2. The molecule has 19 heavy (non-hydrogen) atoms. The molecular formula is C16H25N3. The number of para-hydroxylation sites is 1. The molecular weight excluding hydrogens is 234 g/mol. The summed E-state index contributed by atoms with van der Waals surface area (Å²) in [5, 5.41) is 8.21. The van der Waals surface area contributed by atoms with E-state index in [2.05, 4.69) is 59.6 Å². The Morgan fingerprint density at radius 1 is 1.21 bits per heavy atom. The first-order valence-corrected chi connectivity index (χ1v) is 7.14. The van der Waals surface area contributed by atoms with Crippen LogP contribution in [0.15, 0.2) is 30.5 Å². The first-order valence-electron chi connectivity index (χ1n) is 7.14. The number of rotatable bonds is 7. The Bertz CT molecular complexity index is 516. The molecule has 1 aromatic heterocycles. The van der Waals surface area contributed by atoms with Gasteiger partial charge in [-0.15, -0.1) is 0 Å². The van der Waals surface area contributed by atoms with E-state index in [0.717, 1.165) is 19.6 Å². The third-order valence-electron chi connectivity index (χ3n) is 3.80. The summed E-state index contributed by atoms with van der Waals surface area (Å²) in [6.07, 6.45) is 3.44. The number of benzene rings is 1. The van der Waals surface area contributed by atoms with Crippen molar-refractivity contribution in [2.24, 2.45) is 13.0 Å². The Morgan fingerprint density at radius 3 is 2.74 bits per heavy atom. The largest absolute Gasteiger partial charge is 0.350 e. The lowest BCUT2D eigenvalue weighted by Crippen LogP contribution is -2.29. The number of nitrogens with one attached hydrogen (secondary N) is 2. The molecule has 0 bridgehead atoms. The molecule has 2 aromatic rings. The van der Waals surface area contributed by atoms with Crippen molar-refractivity contribution in [2.45, 2.75) is 19.9 Å². The summed E-state index contributed by atoms with van der Waals surface area (Å²) in [5.74, 6) is 0.708. The van der Waals surface area contributed by atoms with E-state index in [0.29, 0.717) is 5.92 Å². The molecule has 1 aromatic carbocycles. The van der Waals surface area contributed by atoms with E-state index in [9.17, 15) is 0 Å². The highest BCUT2D eigenvalue weighted by atomic mass is 14.9. The third-order valence-corrected chi connectivity index (χ3v) is 3.80. The van der Waals surface area contributed by atoms with Gasteiger partial charge in [0.1, 0.15) is 0 Å². The molecule has 0 aliphatic rings. The minimum Gasteiger partial charge on any atom is -0.350 e. The Balaban J connectivity index is 1.98. The van der Waals surface area contributed by atoms with Gasteiger partial charge in [0.2, 0.25) is 0 Å². The van der Waals surface area contributed by atoms with Crippen LogP contribution in [-0.4, -0.2) is 24.7 Å². The van der Waals surface area contributed by atoms with Crippen LogP contribution in [0.4, 0.5) is 0 Å². The summed E-state index contributed by atoms with van der Waals surface area (Å²) in [4.78, 5) is 0. The second kappa shape index (κ2) is 6.73. The van der Waals surface area contributed by atoms with Crippen LogP contribution in [-0.2, 0) is 13.6 Å². The van der Waals surface area contributed by atoms with Crippen LogP contribution in [0.2, 0.25) is 0 Å². The van der Waals surface area contributed by atoms with Crippen molar-refractivity contribution in [3.8, 4) is 0 Å². The Hall–Kier alpha value is -1.32. The van der Waals surface area contributed by atoms with E-state index < -0.39 is 0 Å². The second-order valence-corrected chi connectivity index (χ2v) is 5.25. The Labute approximate surface area is 116 Å². The molecule has 3 heteroatoms. The number of aromatic nitrogens is 1. The number of aryl methyl sites for hydroxylation is 1. The summed E-state index contributed by atoms with van der Waals surface area (Å²) in [5.41, 5.74) is 2.69. The van der Waals surface area contributed by atoms with Gasteiger partial charge in [-0.1, -0.05) is 31.5 Å². The van der Waals surface area contributed by atoms with Gasteiger partial charge in [-0.25, -0.2) is 0 Å². The predicted octanol–water partition coefficient (Wildman–Crippen LogP) is 2.51. The molecule has 0 saturated carbocycles. The van der Waals surface area contributed by atoms with E-state index in [1.165, 1.54) is 22.9 Å². The molecule has 0 aliphatic heterocycles. The maximum Gasteiger partial charge on any atom is 0.0481 e. The highest BCUT2D eigenvalue weighted by molar-refractivity contribution is 5.83. The smallest absolute Gasteiger partial charge is 0.0481 e. The van der Waals surface area contributed by atoms with E-state index >= 15 is 0 Å². The maximum absolute atomic E-state index is 3.59. The summed E-state index contributed by atoms with van der Waals surface area (Å²) < 4.78 is 2.21. The molecule has 0 aliphatic carbocycles. The monoisotopic (exact) mass is 259 g/mol. The van der Waals surface area contributed by atoms with Crippen LogP contribution in [0, 0.1) is 5.92 Å². The molecule has 3 nitrogen and oxygen atoms in total. The van der Waals surface area contributed by atoms with Gasteiger partial charge >= 0.3 is 0 Å². The normalized spacial score (nSPS) is 13.0. The van der Waals surface area contributed by atoms with Gasteiger partial charge in [0, 0.05) is 30.7 Å². The molecule has 104 valence electrons. The molecule has 2 N–H and O–H groups in total. The Kier molecular flexibility index (Phi) is 5.00. The SMILES string of the molecule is CCC(CNC)CNCc1cn(C)c2ccccc12. The van der Waals surface area contributed by atoms with E-state index in [1.54, 1.807) is 0 Å². The first-order chi connectivity index (χ1) is 9.26. The van der Waals surface area contributed by atoms with Crippen LogP contribution >= 0.6 is 0 Å². The molecule has 0 amide bonds. The van der Waals surface area contributed by atoms with Crippen molar-refractivity contribution < 1.29 is 0 Å². The van der Waals surface area contributed by atoms with Gasteiger partial charge in [0.15, 0.2) is 0 Å². The second-order valence-electron chi connectivity index (χ2n) is 5.25. The van der Waals surface area contributed by atoms with Crippen LogP contribution in [0.1, 0.15) is 18.9 Å². The van der Waals surface area contributed by atoms with Gasteiger partial charge in [-0.05, 0) is 37.7 Å². The third kappa shape index (κ3) is 3.37. The Morgan fingerprint density at radius 2 is 2.00 bits per heavy atom. The van der Waals surface area contributed by atoms with Crippen molar-refractivity contribution in [3.05, 3.63) is 36.0 Å². The van der Waals surface area contributed by atoms with Gasteiger partial charge in [-0.3, -0.25) is 0 Å². The summed E-state index contributed by atoms with van der Waals surface area (Å²) in [6, 6.07) is 8.59. The zero-order valence-corrected chi connectivity index (χ0v) is 12.2. The maximum atomic E-state index is 3.59. The minimum absolute atomic E-state index is 0.708. The average Bonchev–Trinajstić information content (AvgIpc) is 2.75. The average molecular weight is 259 g/mol. The van der Waals surface area contributed by atoms with Crippen molar-refractivity contribution in [3.63, 3.8) is 0 Å². The quantitative estimate of drug-likeness (QED) is 0.800. The fraction of sp³-hybridized carbons (Fsp3) is 0.500. The van der Waals surface area contributed by atoms with Crippen LogP contribution in [0.3, 0.4) is 0 Å². The molecule has 0 spiro atoms. The highest BCUT2D eigenvalue weighted by Crippen LogP contribution is 2.19. The minimum atomic E-state index is 0.708. The van der Waals surface area contributed by atoms with E-state index in [-0.39, 0.29) is 0 Å². The summed E-state index contributed by atoms with van der Waals surface area (Å²) in [6.45, 7) is 5.35. The van der Waals surface area contributed by atoms with Crippen LogP contribution in [0.25, 0.3) is 10.9 Å². The van der Waals surface area contributed by atoms with E-state index in [1.807, 2.05) is 7.05 Å². The zero-order valence-electron chi connectivity index (χ0n) is 12.2. The molecule has 1 atom stereocenters. The van der Waals surface area contributed by atoms with Gasteiger partial charge < -0.3 is 15.2 Å². The number of fused-ring (bicyclic) bond motifs is 1. The van der Waals surface area contributed by atoms with Gasteiger partial charge in [0.05, 0.1) is 0 Å². The van der Waals surface area contributed by atoms with Crippen molar-refractivity contribution in [1.82, 2.24) is 15.2 Å². The van der Waals surface area contributed by atoms with Crippen molar-refractivity contribution in [1.29, 1.82) is 0 Å². The van der Waals surface area contributed by atoms with Gasteiger partial charge in [0.25, 0.3) is 0 Å². The lowest BCUT2D eigenvalue weighted by molar-refractivity contribution is 0.445. The fourth-order valence-corrected chi connectivity index (χ4v) is 2.63. The molecule has 1 unspecified atom stereocenters. The predicted molar refractivity (Wildman–Crippen MR) is 82.3 cm³/mol. The standard InChI is InChI=1S/C16H25N3/c1-4-13(9-17-2)10-18-11-14-12-19(3)16-8-6-5-7-15(14)16/h5-8,12-13,17-18H,4,9-11H2,1-3H3. The summed E-state index contributed by atoms with van der Waals surface area (Å²) >= 11 is 0. The topological polar surface area (TPSA) is 29.0 Å². The number of hydrogen-bond acceptors (Lipinski definition) is 2. The van der Waals surface area contributed by atoms with Crippen LogP contribution < -0.4 is 10.6 Å². The molecule has 0 radical (unpaired) electrons. The lowest BCUT2D eigenvalue weighted by Gasteiger charge is -2.14. The van der Waals surface area contributed by atoms with Crippen molar-refractivity contribution in [2.75, 3.05) is 20.1 Å². The van der Waals surface area contributed by atoms with E-state index in [4.69, 9.17) is 0 Å². The molecule has 0 fully saturated rings.